The maximum absolute atomic E-state index is 5.01. The summed E-state index contributed by atoms with van der Waals surface area (Å²) in [6.07, 6.45) is 3.59. The van der Waals surface area contributed by atoms with Crippen molar-refractivity contribution in [1.29, 1.82) is 0 Å². The number of aromatic nitrogens is 2. The molecule has 1 aromatic heterocycles. The molecule has 16 heavy (non-hydrogen) atoms. The standard InChI is InChI=1S/C8H14N2O2.2C2H6/c1-11-4-3-10-7-9-5-8(10)6-12-2;2*1-2/h5,7H,3-4,6H2,1-2H3;2*1-2H3. The molecule has 0 saturated heterocycles. The smallest absolute Gasteiger partial charge is 0.0949 e. The molecule has 1 heterocycles. The van der Waals surface area contributed by atoms with E-state index in [1.54, 1.807) is 26.7 Å². The van der Waals surface area contributed by atoms with Crippen LogP contribution in [0.25, 0.3) is 0 Å². The molecule has 0 aliphatic carbocycles. The van der Waals surface area contributed by atoms with Gasteiger partial charge in [-0.05, 0) is 0 Å². The lowest BCUT2D eigenvalue weighted by molar-refractivity contribution is 0.166. The Labute approximate surface area is 99.6 Å². The van der Waals surface area contributed by atoms with Crippen LogP contribution in [0.15, 0.2) is 12.5 Å². The Balaban J connectivity index is 0. The topological polar surface area (TPSA) is 36.3 Å². The molecule has 1 rings (SSSR count). The first-order valence-electron chi connectivity index (χ1n) is 5.85. The van der Waals surface area contributed by atoms with Crippen LogP contribution in [0.3, 0.4) is 0 Å². The van der Waals surface area contributed by atoms with E-state index >= 15 is 0 Å². The summed E-state index contributed by atoms with van der Waals surface area (Å²) in [5.41, 5.74) is 1.08. The van der Waals surface area contributed by atoms with Crippen LogP contribution in [0.2, 0.25) is 0 Å². The highest BCUT2D eigenvalue weighted by molar-refractivity contribution is 4.96. The van der Waals surface area contributed by atoms with Gasteiger partial charge in [-0.15, -0.1) is 0 Å². The summed E-state index contributed by atoms with van der Waals surface area (Å²) in [7, 11) is 3.36. The fraction of sp³-hybridized carbons (Fsp3) is 0.750. The highest BCUT2D eigenvalue weighted by Gasteiger charge is 1.99. The first-order valence-corrected chi connectivity index (χ1v) is 5.85. The van der Waals surface area contributed by atoms with E-state index in [1.807, 2.05) is 32.3 Å². The molecule has 4 nitrogen and oxygen atoms in total. The molecule has 0 aromatic carbocycles. The molecule has 0 atom stereocenters. The lowest BCUT2D eigenvalue weighted by Crippen LogP contribution is -2.07. The maximum atomic E-state index is 5.01. The van der Waals surface area contributed by atoms with Gasteiger partial charge in [0.1, 0.15) is 0 Å². The summed E-state index contributed by atoms with van der Waals surface area (Å²) in [4.78, 5) is 4.02. The minimum Gasteiger partial charge on any atom is -0.383 e. The Hall–Kier alpha value is -0.870. The summed E-state index contributed by atoms with van der Waals surface area (Å²) < 4.78 is 12.0. The molecule has 0 fully saturated rings. The molecule has 0 saturated carbocycles. The predicted octanol–water partition coefficient (Wildman–Crippen LogP) is 2.73. The Morgan fingerprint density at radius 2 is 1.75 bits per heavy atom. The van der Waals surface area contributed by atoms with Gasteiger partial charge in [0, 0.05) is 20.8 Å². The van der Waals surface area contributed by atoms with E-state index in [9.17, 15) is 0 Å². The van der Waals surface area contributed by atoms with Crippen molar-refractivity contribution in [3.63, 3.8) is 0 Å². The Morgan fingerprint density at radius 1 is 1.12 bits per heavy atom. The SMILES string of the molecule is CC.CC.COCCn1cncc1COC. The number of ether oxygens (including phenoxy) is 2. The quantitative estimate of drug-likeness (QED) is 0.780. The molecule has 0 radical (unpaired) electrons. The van der Waals surface area contributed by atoms with E-state index < -0.39 is 0 Å². The number of methoxy groups -OCH3 is 2. The molecule has 0 aliphatic heterocycles. The molecule has 0 N–H and O–H groups in total. The molecule has 4 heteroatoms. The second-order valence-electron chi connectivity index (χ2n) is 2.50. The molecular weight excluding hydrogens is 204 g/mol. The van der Waals surface area contributed by atoms with Crippen molar-refractivity contribution in [3.05, 3.63) is 18.2 Å². The highest BCUT2D eigenvalue weighted by Crippen LogP contribution is 2.00. The first-order chi connectivity index (χ1) is 7.88. The van der Waals surface area contributed by atoms with Gasteiger partial charge in [0.05, 0.1) is 31.4 Å². The summed E-state index contributed by atoms with van der Waals surface area (Å²) in [5.74, 6) is 0. The van der Waals surface area contributed by atoms with Crippen molar-refractivity contribution < 1.29 is 9.47 Å². The highest BCUT2D eigenvalue weighted by atomic mass is 16.5. The van der Waals surface area contributed by atoms with E-state index in [0.717, 1.165) is 12.2 Å². The van der Waals surface area contributed by atoms with Crippen molar-refractivity contribution in [2.45, 2.75) is 40.8 Å². The molecule has 0 spiro atoms. The molecule has 1 aromatic rings. The van der Waals surface area contributed by atoms with Gasteiger partial charge < -0.3 is 14.0 Å². The average Bonchev–Trinajstić information content (AvgIpc) is 2.80. The van der Waals surface area contributed by atoms with Crippen LogP contribution in [0.5, 0.6) is 0 Å². The van der Waals surface area contributed by atoms with Crippen LogP contribution in [0.4, 0.5) is 0 Å². The Morgan fingerprint density at radius 3 is 2.25 bits per heavy atom. The number of imidazole rings is 1. The lowest BCUT2D eigenvalue weighted by atomic mass is 10.5. The van der Waals surface area contributed by atoms with Crippen molar-refractivity contribution >= 4 is 0 Å². The zero-order valence-electron chi connectivity index (χ0n) is 11.5. The Bertz CT molecular complexity index is 225. The first kappa shape index (κ1) is 17.5. The van der Waals surface area contributed by atoms with E-state index in [2.05, 4.69) is 4.98 Å². The molecular formula is C12H26N2O2. The third kappa shape index (κ3) is 7.43. The third-order valence-corrected chi connectivity index (χ3v) is 1.63. The Kier molecular flexibility index (Phi) is 15.5. The van der Waals surface area contributed by atoms with Gasteiger partial charge in [0.15, 0.2) is 0 Å². The molecule has 96 valence electrons. The molecule has 0 unspecified atom stereocenters. The zero-order chi connectivity index (χ0) is 12.8. The summed E-state index contributed by atoms with van der Waals surface area (Å²) in [5, 5.41) is 0. The van der Waals surface area contributed by atoms with Crippen LogP contribution >= 0.6 is 0 Å². The fourth-order valence-corrected chi connectivity index (χ4v) is 1.01. The van der Waals surface area contributed by atoms with Gasteiger partial charge in [-0.2, -0.15) is 0 Å². The van der Waals surface area contributed by atoms with E-state index in [-0.39, 0.29) is 0 Å². The largest absolute Gasteiger partial charge is 0.383 e. The van der Waals surface area contributed by atoms with E-state index in [1.165, 1.54) is 0 Å². The van der Waals surface area contributed by atoms with E-state index in [4.69, 9.17) is 9.47 Å². The monoisotopic (exact) mass is 230 g/mol. The van der Waals surface area contributed by atoms with Gasteiger partial charge in [-0.25, -0.2) is 4.98 Å². The summed E-state index contributed by atoms with van der Waals surface area (Å²) in [6.45, 7) is 10.1. The van der Waals surface area contributed by atoms with Crippen LogP contribution in [-0.2, 0) is 22.6 Å². The van der Waals surface area contributed by atoms with Crippen molar-refractivity contribution in [2.24, 2.45) is 0 Å². The van der Waals surface area contributed by atoms with Gasteiger partial charge >= 0.3 is 0 Å². The minimum atomic E-state index is 0.601. The van der Waals surface area contributed by atoms with Crippen LogP contribution in [-0.4, -0.2) is 30.4 Å². The minimum absolute atomic E-state index is 0.601. The number of nitrogens with zero attached hydrogens (tertiary/aromatic N) is 2. The van der Waals surface area contributed by atoms with Crippen LogP contribution < -0.4 is 0 Å². The maximum Gasteiger partial charge on any atom is 0.0949 e. The lowest BCUT2D eigenvalue weighted by Gasteiger charge is -2.05. The van der Waals surface area contributed by atoms with Crippen molar-refractivity contribution in [3.8, 4) is 0 Å². The second-order valence-corrected chi connectivity index (χ2v) is 2.50. The summed E-state index contributed by atoms with van der Waals surface area (Å²) in [6, 6.07) is 0. The average molecular weight is 230 g/mol. The van der Waals surface area contributed by atoms with Gasteiger partial charge in [0.25, 0.3) is 0 Å². The summed E-state index contributed by atoms with van der Waals surface area (Å²) >= 11 is 0. The molecule has 0 aliphatic rings. The number of rotatable bonds is 5. The van der Waals surface area contributed by atoms with Gasteiger partial charge in [-0.1, -0.05) is 27.7 Å². The third-order valence-electron chi connectivity index (χ3n) is 1.63. The van der Waals surface area contributed by atoms with Crippen molar-refractivity contribution in [1.82, 2.24) is 9.55 Å². The van der Waals surface area contributed by atoms with Crippen molar-refractivity contribution in [2.75, 3.05) is 20.8 Å². The predicted molar refractivity (Wildman–Crippen MR) is 67.5 cm³/mol. The fourth-order valence-electron chi connectivity index (χ4n) is 1.01. The normalized spacial score (nSPS) is 8.62. The van der Waals surface area contributed by atoms with E-state index in [0.29, 0.717) is 13.2 Å². The second kappa shape index (κ2) is 14.1. The van der Waals surface area contributed by atoms with Gasteiger partial charge in [-0.3, -0.25) is 0 Å². The number of hydrogen-bond acceptors (Lipinski definition) is 3. The zero-order valence-corrected chi connectivity index (χ0v) is 11.5. The number of hydrogen-bond donors (Lipinski definition) is 0. The van der Waals surface area contributed by atoms with Crippen LogP contribution in [0.1, 0.15) is 33.4 Å². The van der Waals surface area contributed by atoms with Crippen LogP contribution in [0, 0.1) is 0 Å². The molecule has 0 amide bonds. The van der Waals surface area contributed by atoms with Gasteiger partial charge in [0.2, 0.25) is 0 Å². The molecule has 0 bridgehead atoms.